The van der Waals surface area contributed by atoms with Gasteiger partial charge in [0.1, 0.15) is 10.7 Å². The highest BCUT2D eigenvalue weighted by Crippen LogP contribution is 2.33. The minimum atomic E-state index is -0.351. The van der Waals surface area contributed by atoms with E-state index in [1.54, 1.807) is 28.8 Å². The van der Waals surface area contributed by atoms with E-state index in [4.69, 9.17) is 0 Å². The van der Waals surface area contributed by atoms with Gasteiger partial charge in [0.05, 0.1) is 10.3 Å². The number of aromatic amines is 1. The number of aryl methyl sites for hydroxylation is 3. The number of aromatic nitrogens is 2. The van der Waals surface area contributed by atoms with Gasteiger partial charge >= 0.3 is 0 Å². The molecule has 3 aromatic heterocycles. The number of hydrazine groups is 1. The molecular weight excluding hydrogens is 384 g/mol. The predicted molar refractivity (Wildman–Crippen MR) is 105 cm³/mol. The normalized spacial score (nSPS) is 13.3. The molecule has 0 saturated carbocycles. The molecule has 0 spiro atoms. The molecule has 3 N–H and O–H groups in total. The Morgan fingerprint density at radius 3 is 2.89 bits per heavy atom. The number of thiophene rings is 2. The first-order valence-electron chi connectivity index (χ1n) is 8.78. The van der Waals surface area contributed by atoms with Gasteiger partial charge in [-0.3, -0.25) is 25.2 Å². The minimum absolute atomic E-state index is 0.115. The lowest BCUT2D eigenvalue weighted by molar-refractivity contribution is -0.121. The van der Waals surface area contributed by atoms with E-state index < -0.39 is 0 Å². The fourth-order valence-electron chi connectivity index (χ4n) is 3.22. The van der Waals surface area contributed by atoms with E-state index in [0.29, 0.717) is 22.5 Å². The van der Waals surface area contributed by atoms with Crippen LogP contribution in [0.1, 0.15) is 45.2 Å². The van der Waals surface area contributed by atoms with Gasteiger partial charge in [-0.1, -0.05) is 6.07 Å². The van der Waals surface area contributed by atoms with Crippen molar-refractivity contribution in [2.75, 3.05) is 0 Å². The van der Waals surface area contributed by atoms with Crippen LogP contribution >= 0.6 is 22.7 Å². The predicted octanol–water partition coefficient (Wildman–Crippen LogP) is 2.32. The van der Waals surface area contributed by atoms with Gasteiger partial charge in [0.2, 0.25) is 5.91 Å². The molecule has 3 heterocycles. The standard InChI is InChI=1S/C18H18N4O3S2/c23-14(21-22-16(24)12-6-3-9-26-12)8-7-13-19-17(25)15-10-4-1-2-5-11(10)27-18(15)20-13/h3,6,9H,1-2,4-5,7-8H2,(H,21,23)(H,22,24)(H,19,20,25). The van der Waals surface area contributed by atoms with Crippen LogP contribution in [0.5, 0.6) is 0 Å². The van der Waals surface area contributed by atoms with Crippen molar-refractivity contribution >= 4 is 44.7 Å². The second-order valence-electron chi connectivity index (χ2n) is 6.38. The molecule has 0 fully saturated rings. The van der Waals surface area contributed by atoms with Crippen LogP contribution in [0.2, 0.25) is 0 Å². The maximum Gasteiger partial charge on any atom is 0.279 e. The molecule has 0 saturated heterocycles. The third kappa shape index (κ3) is 3.79. The van der Waals surface area contributed by atoms with Crippen LogP contribution in [-0.4, -0.2) is 21.8 Å². The van der Waals surface area contributed by atoms with Crippen LogP contribution in [0.25, 0.3) is 10.2 Å². The Labute approximate surface area is 162 Å². The largest absolute Gasteiger partial charge is 0.310 e. The van der Waals surface area contributed by atoms with E-state index in [1.807, 2.05) is 0 Å². The zero-order valence-electron chi connectivity index (χ0n) is 14.5. The molecule has 27 heavy (non-hydrogen) atoms. The minimum Gasteiger partial charge on any atom is -0.310 e. The van der Waals surface area contributed by atoms with E-state index in [-0.39, 0.29) is 23.8 Å². The number of rotatable bonds is 4. The second-order valence-corrected chi connectivity index (χ2v) is 8.41. The van der Waals surface area contributed by atoms with Gasteiger partial charge in [0, 0.05) is 17.7 Å². The summed E-state index contributed by atoms with van der Waals surface area (Å²) < 4.78 is 0. The molecule has 140 valence electrons. The zero-order valence-corrected chi connectivity index (χ0v) is 16.1. The fourth-order valence-corrected chi connectivity index (χ4v) is 5.12. The van der Waals surface area contributed by atoms with Crippen molar-refractivity contribution < 1.29 is 9.59 Å². The summed E-state index contributed by atoms with van der Waals surface area (Å²) in [5.41, 5.74) is 5.78. The first-order chi connectivity index (χ1) is 13.1. The van der Waals surface area contributed by atoms with Crippen LogP contribution in [-0.2, 0) is 24.1 Å². The molecule has 0 atom stereocenters. The Bertz CT molecular complexity index is 1050. The number of carbonyl (C=O) groups is 2. The van der Waals surface area contributed by atoms with E-state index in [2.05, 4.69) is 20.8 Å². The van der Waals surface area contributed by atoms with Crippen molar-refractivity contribution in [3.63, 3.8) is 0 Å². The summed E-state index contributed by atoms with van der Waals surface area (Å²) in [5, 5.41) is 2.50. The molecule has 0 bridgehead atoms. The summed E-state index contributed by atoms with van der Waals surface area (Å²) in [4.78, 5) is 46.1. The zero-order chi connectivity index (χ0) is 18.8. The molecule has 2 amide bonds. The van der Waals surface area contributed by atoms with Crippen LogP contribution in [0, 0.1) is 0 Å². The highest BCUT2D eigenvalue weighted by molar-refractivity contribution is 7.18. The Kier molecular flexibility index (Phi) is 5.04. The lowest BCUT2D eigenvalue weighted by Gasteiger charge is -2.09. The molecule has 0 radical (unpaired) electrons. The van der Waals surface area contributed by atoms with Gasteiger partial charge in [-0.15, -0.1) is 22.7 Å². The lowest BCUT2D eigenvalue weighted by atomic mass is 9.97. The SMILES string of the molecule is O=C(CCc1nc2sc3c(c2c(=O)[nH]1)CCCC3)NNC(=O)c1cccs1. The first kappa shape index (κ1) is 17.9. The van der Waals surface area contributed by atoms with Gasteiger partial charge in [-0.05, 0) is 42.7 Å². The summed E-state index contributed by atoms with van der Waals surface area (Å²) in [6.07, 6.45) is 4.63. The monoisotopic (exact) mass is 402 g/mol. The number of hydrogen-bond donors (Lipinski definition) is 3. The summed E-state index contributed by atoms with van der Waals surface area (Å²) in [6.45, 7) is 0. The Morgan fingerprint density at radius 1 is 1.22 bits per heavy atom. The number of carbonyl (C=O) groups excluding carboxylic acids is 2. The molecule has 9 heteroatoms. The summed E-state index contributed by atoms with van der Waals surface area (Å²) in [5.74, 6) is -0.200. The molecule has 0 unspecified atom stereocenters. The van der Waals surface area contributed by atoms with Gasteiger partial charge in [-0.2, -0.15) is 0 Å². The number of nitrogens with one attached hydrogen (secondary N) is 3. The van der Waals surface area contributed by atoms with E-state index in [0.717, 1.165) is 36.1 Å². The lowest BCUT2D eigenvalue weighted by Crippen LogP contribution is -2.41. The molecule has 0 aliphatic heterocycles. The van der Waals surface area contributed by atoms with Crippen molar-refractivity contribution in [1.82, 2.24) is 20.8 Å². The van der Waals surface area contributed by atoms with Crippen LogP contribution in [0.3, 0.4) is 0 Å². The maximum atomic E-state index is 12.5. The third-order valence-corrected chi connectivity index (χ3v) is 6.58. The quantitative estimate of drug-likeness (QED) is 0.583. The first-order valence-corrected chi connectivity index (χ1v) is 10.5. The fraction of sp³-hybridized carbons (Fsp3) is 0.333. The van der Waals surface area contributed by atoms with Gasteiger partial charge in [0.25, 0.3) is 11.5 Å². The molecule has 4 rings (SSSR count). The van der Waals surface area contributed by atoms with Crippen molar-refractivity contribution in [1.29, 1.82) is 0 Å². The van der Waals surface area contributed by atoms with Crippen molar-refractivity contribution in [2.45, 2.75) is 38.5 Å². The second kappa shape index (κ2) is 7.61. The summed E-state index contributed by atoms with van der Waals surface area (Å²) in [7, 11) is 0. The number of nitrogens with zero attached hydrogens (tertiary/aromatic N) is 1. The van der Waals surface area contributed by atoms with Crippen molar-refractivity contribution in [3.05, 3.63) is 49.0 Å². The van der Waals surface area contributed by atoms with E-state index in [1.165, 1.54) is 16.2 Å². The highest BCUT2D eigenvalue weighted by atomic mass is 32.1. The summed E-state index contributed by atoms with van der Waals surface area (Å²) in [6, 6.07) is 3.44. The van der Waals surface area contributed by atoms with Gasteiger partial charge in [0.15, 0.2) is 0 Å². The topological polar surface area (TPSA) is 104 Å². The van der Waals surface area contributed by atoms with E-state index >= 15 is 0 Å². The number of H-pyrrole nitrogens is 1. The Hall–Kier alpha value is -2.52. The number of amides is 2. The van der Waals surface area contributed by atoms with E-state index in [9.17, 15) is 14.4 Å². The molecule has 1 aliphatic rings. The molecular formula is C18H18N4O3S2. The number of hydrogen-bond acceptors (Lipinski definition) is 6. The molecule has 0 aromatic carbocycles. The highest BCUT2D eigenvalue weighted by Gasteiger charge is 2.20. The van der Waals surface area contributed by atoms with Crippen molar-refractivity contribution in [2.24, 2.45) is 0 Å². The molecule has 3 aromatic rings. The van der Waals surface area contributed by atoms with Crippen LogP contribution in [0.15, 0.2) is 22.3 Å². The third-order valence-electron chi connectivity index (χ3n) is 4.52. The maximum absolute atomic E-state index is 12.5. The average Bonchev–Trinajstić information content (AvgIpc) is 3.32. The van der Waals surface area contributed by atoms with Gasteiger partial charge in [-0.25, -0.2) is 4.98 Å². The Morgan fingerprint density at radius 2 is 2.07 bits per heavy atom. The Balaban J connectivity index is 1.39. The summed E-state index contributed by atoms with van der Waals surface area (Å²) >= 11 is 2.88. The number of fused-ring (bicyclic) bond motifs is 3. The molecule has 7 nitrogen and oxygen atoms in total. The molecule has 1 aliphatic carbocycles. The van der Waals surface area contributed by atoms with Crippen LogP contribution in [0.4, 0.5) is 0 Å². The van der Waals surface area contributed by atoms with Crippen molar-refractivity contribution in [3.8, 4) is 0 Å². The smallest absolute Gasteiger partial charge is 0.279 e. The average molecular weight is 403 g/mol. The van der Waals surface area contributed by atoms with Crippen LogP contribution < -0.4 is 16.4 Å². The van der Waals surface area contributed by atoms with Gasteiger partial charge < -0.3 is 4.98 Å².